The Labute approximate surface area is 192 Å². The molecule has 0 bridgehead atoms. The number of carbonyl (C=O) groups is 1. The first-order valence-electron chi connectivity index (χ1n) is 10.8. The van der Waals surface area contributed by atoms with E-state index in [1.54, 1.807) is 18.5 Å². The molecule has 10 heteroatoms. The number of benzene rings is 1. The number of piperazine rings is 1. The number of aryl methyl sites for hydroxylation is 3. The van der Waals surface area contributed by atoms with Crippen molar-refractivity contribution in [2.75, 3.05) is 36.4 Å². The summed E-state index contributed by atoms with van der Waals surface area (Å²) in [6.45, 7) is 8.43. The van der Waals surface area contributed by atoms with Gasteiger partial charge in [0.1, 0.15) is 0 Å². The Morgan fingerprint density at radius 3 is 2.21 bits per heavy atom. The summed E-state index contributed by atoms with van der Waals surface area (Å²) in [6, 6.07) is 10.9. The molecule has 2 N–H and O–H groups in total. The minimum absolute atomic E-state index is 0.312. The number of nitrogens with zero attached hydrogens (tertiary/aromatic N) is 7. The third-order valence-corrected chi connectivity index (χ3v) is 5.13. The lowest BCUT2D eigenvalue weighted by Crippen LogP contribution is -2.54. The molecule has 1 fully saturated rings. The Morgan fingerprint density at radius 1 is 0.939 bits per heavy atom. The molecule has 170 valence electrons. The molecule has 0 atom stereocenters. The molecule has 1 aliphatic heterocycles. The van der Waals surface area contributed by atoms with Crippen LogP contribution in [0.4, 0.5) is 22.4 Å². The zero-order chi connectivity index (χ0) is 23.2. The number of amides is 2. The van der Waals surface area contributed by atoms with Crippen molar-refractivity contribution in [1.82, 2.24) is 30.2 Å². The molecular weight excluding hydrogens is 418 g/mol. The summed E-state index contributed by atoms with van der Waals surface area (Å²) in [5.41, 5.74) is 3.45. The molecule has 3 aromatic rings. The first-order chi connectivity index (χ1) is 16.0. The standard InChI is InChI=1S/C23H27N9O/c1-16-5-7-19(8-6-16)28-23(33)30-22(29-20-26-17(2)15-18(3)27-20)32-13-11-31(12-14-32)21-24-9-4-10-25-21/h4-10,15H,11-14H2,1-3H3,(H2,26,27,28,29,30,33). The van der Waals surface area contributed by atoms with Gasteiger partial charge in [0.05, 0.1) is 0 Å². The number of aliphatic imine (C=N–C) groups is 1. The highest BCUT2D eigenvalue weighted by Gasteiger charge is 2.23. The number of hydrogen-bond donors (Lipinski definition) is 2. The fraction of sp³-hybridized carbons (Fsp3) is 0.304. The normalized spacial score (nSPS) is 14.2. The number of hydrogen-bond acceptors (Lipinski definition) is 7. The van der Waals surface area contributed by atoms with Gasteiger partial charge in [0.15, 0.2) is 0 Å². The van der Waals surface area contributed by atoms with Crippen LogP contribution >= 0.6 is 0 Å². The zero-order valence-corrected chi connectivity index (χ0v) is 19.0. The van der Waals surface area contributed by atoms with Gasteiger partial charge in [0.2, 0.25) is 11.9 Å². The number of aromatic nitrogens is 4. The molecule has 1 aliphatic rings. The number of guanidine groups is 1. The van der Waals surface area contributed by atoms with Crippen LogP contribution < -0.4 is 15.5 Å². The topological polar surface area (TPSA) is 112 Å². The molecule has 0 aliphatic carbocycles. The monoisotopic (exact) mass is 445 g/mol. The summed E-state index contributed by atoms with van der Waals surface area (Å²) < 4.78 is 0. The van der Waals surface area contributed by atoms with Gasteiger partial charge in [-0.15, -0.1) is 0 Å². The Morgan fingerprint density at radius 2 is 1.58 bits per heavy atom. The predicted molar refractivity (Wildman–Crippen MR) is 128 cm³/mol. The predicted octanol–water partition coefficient (Wildman–Crippen LogP) is 2.82. The van der Waals surface area contributed by atoms with Gasteiger partial charge in [-0.2, -0.15) is 4.99 Å². The Bertz CT molecular complexity index is 1100. The van der Waals surface area contributed by atoms with Crippen molar-refractivity contribution < 1.29 is 4.79 Å². The molecule has 2 amide bonds. The van der Waals surface area contributed by atoms with Crippen LogP contribution in [0.3, 0.4) is 0 Å². The number of carbonyl (C=O) groups excluding carboxylic acids is 1. The second-order valence-electron chi connectivity index (χ2n) is 7.85. The van der Waals surface area contributed by atoms with E-state index in [2.05, 4.69) is 40.5 Å². The lowest BCUT2D eigenvalue weighted by atomic mass is 10.2. The number of urea groups is 1. The largest absolute Gasteiger partial charge is 0.339 e. The van der Waals surface area contributed by atoms with Crippen molar-refractivity contribution in [3.05, 3.63) is 65.7 Å². The van der Waals surface area contributed by atoms with Crippen molar-refractivity contribution in [3.8, 4) is 0 Å². The lowest BCUT2D eigenvalue weighted by molar-refractivity contribution is 0.254. The summed E-state index contributed by atoms with van der Waals surface area (Å²) in [4.78, 5) is 38.9. The van der Waals surface area contributed by atoms with E-state index in [9.17, 15) is 4.79 Å². The quantitative estimate of drug-likeness (QED) is 0.471. The number of nitrogens with one attached hydrogen (secondary N) is 2. The van der Waals surface area contributed by atoms with Crippen LogP contribution in [-0.2, 0) is 0 Å². The van der Waals surface area contributed by atoms with Gasteiger partial charge in [-0.3, -0.25) is 5.32 Å². The highest BCUT2D eigenvalue weighted by Crippen LogP contribution is 2.13. The van der Waals surface area contributed by atoms with E-state index in [0.29, 0.717) is 49.7 Å². The summed E-state index contributed by atoms with van der Waals surface area (Å²) in [5, 5.41) is 5.74. The average molecular weight is 446 g/mol. The SMILES string of the molecule is Cc1ccc(NC(=O)N/C(=N/c2nc(C)cc(C)n2)N2CCN(c3ncccn3)CC2)cc1. The second-order valence-corrected chi connectivity index (χ2v) is 7.85. The smallest absolute Gasteiger partial charge is 0.326 e. The summed E-state index contributed by atoms with van der Waals surface area (Å²) in [6.07, 6.45) is 3.46. The van der Waals surface area contributed by atoms with Crippen molar-refractivity contribution >= 4 is 29.6 Å². The fourth-order valence-corrected chi connectivity index (χ4v) is 3.50. The van der Waals surface area contributed by atoms with Gasteiger partial charge in [0, 0.05) is 55.6 Å². The van der Waals surface area contributed by atoms with E-state index < -0.39 is 0 Å². The van der Waals surface area contributed by atoms with Crippen LogP contribution in [0.15, 0.2) is 53.8 Å². The van der Waals surface area contributed by atoms with E-state index >= 15 is 0 Å². The van der Waals surface area contributed by atoms with Gasteiger partial charge < -0.3 is 15.1 Å². The maximum atomic E-state index is 12.8. The van der Waals surface area contributed by atoms with Gasteiger partial charge in [-0.25, -0.2) is 24.7 Å². The highest BCUT2D eigenvalue weighted by atomic mass is 16.2. The van der Waals surface area contributed by atoms with Crippen LogP contribution in [0.5, 0.6) is 0 Å². The Hall–Kier alpha value is -4.08. The molecule has 3 heterocycles. The van der Waals surface area contributed by atoms with Crippen molar-refractivity contribution in [3.63, 3.8) is 0 Å². The van der Waals surface area contributed by atoms with Crippen LogP contribution in [0.2, 0.25) is 0 Å². The van der Waals surface area contributed by atoms with Gasteiger partial charge in [-0.05, 0) is 45.0 Å². The van der Waals surface area contributed by atoms with Crippen molar-refractivity contribution in [1.29, 1.82) is 0 Å². The van der Waals surface area contributed by atoms with Crippen molar-refractivity contribution in [2.45, 2.75) is 20.8 Å². The first kappa shape index (κ1) is 22.1. The number of rotatable bonds is 3. The summed E-state index contributed by atoms with van der Waals surface area (Å²) in [5.74, 6) is 1.41. The van der Waals surface area contributed by atoms with E-state index in [1.165, 1.54) is 0 Å². The van der Waals surface area contributed by atoms with Crippen LogP contribution in [0, 0.1) is 20.8 Å². The fourth-order valence-electron chi connectivity index (χ4n) is 3.50. The third-order valence-electron chi connectivity index (χ3n) is 5.13. The molecule has 0 saturated carbocycles. The van der Waals surface area contributed by atoms with Gasteiger partial charge in [0.25, 0.3) is 5.95 Å². The molecule has 0 radical (unpaired) electrons. The van der Waals surface area contributed by atoms with E-state index in [0.717, 1.165) is 17.0 Å². The minimum Gasteiger partial charge on any atom is -0.339 e. The molecular formula is C23H27N9O. The Kier molecular flexibility index (Phi) is 6.72. The van der Waals surface area contributed by atoms with Crippen LogP contribution in [0.1, 0.15) is 17.0 Å². The molecule has 4 rings (SSSR count). The molecule has 2 aromatic heterocycles. The van der Waals surface area contributed by atoms with Crippen molar-refractivity contribution in [2.24, 2.45) is 4.99 Å². The van der Waals surface area contributed by atoms with E-state index in [1.807, 2.05) is 56.0 Å². The van der Waals surface area contributed by atoms with Crippen LogP contribution in [0.25, 0.3) is 0 Å². The summed E-state index contributed by atoms with van der Waals surface area (Å²) in [7, 11) is 0. The Balaban J connectivity index is 1.52. The minimum atomic E-state index is -0.379. The highest BCUT2D eigenvalue weighted by molar-refractivity contribution is 6.03. The maximum Gasteiger partial charge on any atom is 0.326 e. The zero-order valence-electron chi connectivity index (χ0n) is 19.0. The molecule has 0 spiro atoms. The molecule has 1 saturated heterocycles. The molecule has 0 unspecified atom stereocenters. The number of anilines is 2. The molecule has 33 heavy (non-hydrogen) atoms. The second kappa shape index (κ2) is 10.0. The maximum absolute atomic E-state index is 12.8. The molecule has 1 aromatic carbocycles. The summed E-state index contributed by atoms with van der Waals surface area (Å²) >= 11 is 0. The van der Waals surface area contributed by atoms with Gasteiger partial charge >= 0.3 is 6.03 Å². The average Bonchev–Trinajstić information content (AvgIpc) is 2.80. The van der Waals surface area contributed by atoms with E-state index in [4.69, 9.17) is 0 Å². The first-order valence-corrected chi connectivity index (χ1v) is 10.8. The lowest BCUT2D eigenvalue weighted by Gasteiger charge is -2.36. The van der Waals surface area contributed by atoms with Gasteiger partial charge in [-0.1, -0.05) is 17.7 Å². The molecule has 10 nitrogen and oxygen atoms in total. The van der Waals surface area contributed by atoms with E-state index in [-0.39, 0.29) is 6.03 Å². The third kappa shape index (κ3) is 6.00. The van der Waals surface area contributed by atoms with Crippen LogP contribution in [-0.4, -0.2) is 63.0 Å².